The quantitative estimate of drug-likeness (QED) is 0.839. The van der Waals surface area contributed by atoms with Crippen molar-refractivity contribution < 1.29 is 0 Å². The smallest absolute Gasteiger partial charge is 0.261 e. The zero-order chi connectivity index (χ0) is 11.7. The maximum absolute atomic E-state index is 11.7. The van der Waals surface area contributed by atoms with E-state index >= 15 is 0 Å². The van der Waals surface area contributed by atoms with Gasteiger partial charge >= 0.3 is 0 Å². The van der Waals surface area contributed by atoms with Gasteiger partial charge in [-0.25, -0.2) is 0 Å². The molecule has 0 aromatic carbocycles. The van der Waals surface area contributed by atoms with Gasteiger partial charge in [-0.05, 0) is 19.4 Å². The summed E-state index contributed by atoms with van der Waals surface area (Å²) >= 11 is 0. The van der Waals surface area contributed by atoms with E-state index in [1.165, 1.54) is 0 Å². The Morgan fingerprint density at radius 2 is 2.29 bits per heavy atom. The van der Waals surface area contributed by atoms with Gasteiger partial charge in [-0.3, -0.25) is 9.78 Å². The van der Waals surface area contributed by atoms with E-state index in [1.807, 2.05) is 12.2 Å². The average Bonchev–Trinajstić information content (AvgIpc) is 2.22. The minimum Gasteiger partial charge on any atom is -0.369 e. The lowest BCUT2D eigenvalue weighted by atomic mass is 10.1. The average molecular weight is 257 g/mol. The van der Waals surface area contributed by atoms with Crippen molar-refractivity contribution in [2.24, 2.45) is 0 Å². The van der Waals surface area contributed by atoms with E-state index in [0.717, 1.165) is 13.0 Å². The Morgan fingerprint density at radius 1 is 1.59 bits per heavy atom. The van der Waals surface area contributed by atoms with Gasteiger partial charge in [0.1, 0.15) is 5.82 Å². The van der Waals surface area contributed by atoms with Gasteiger partial charge in [-0.1, -0.05) is 13.0 Å². The van der Waals surface area contributed by atoms with E-state index in [2.05, 4.69) is 28.7 Å². The molecular formula is C11H17ClN4O. The molecule has 1 aliphatic heterocycles. The number of aromatic nitrogens is 2. The normalized spacial score (nSPS) is 17.5. The number of fused-ring (bicyclic) bond motifs is 1. The molecule has 0 radical (unpaired) electrons. The van der Waals surface area contributed by atoms with Crippen LogP contribution >= 0.6 is 12.4 Å². The lowest BCUT2D eigenvalue weighted by Crippen LogP contribution is -2.37. The van der Waals surface area contributed by atoms with Crippen LogP contribution in [-0.4, -0.2) is 22.6 Å². The van der Waals surface area contributed by atoms with Crippen LogP contribution in [-0.2, 0) is 0 Å². The van der Waals surface area contributed by atoms with Crippen molar-refractivity contribution in [1.29, 1.82) is 0 Å². The van der Waals surface area contributed by atoms with E-state index in [9.17, 15) is 4.79 Å². The minimum atomic E-state index is -0.174. The maximum atomic E-state index is 11.7. The number of nitrogens with zero attached hydrogens (tertiary/aromatic N) is 2. The van der Waals surface area contributed by atoms with E-state index in [0.29, 0.717) is 11.4 Å². The molecule has 1 unspecified atom stereocenters. The highest BCUT2D eigenvalue weighted by molar-refractivity contribution is 5.85. The van der Waals surface area contributed by atoms with Crippen LogP contribution in [0.5, 0.6) is 0 Å². The van der Waals surface area contributed by atoms with Crippen molar-refractivity contribution in [2.75, 3.05) is 17.2 Å². The third-order valence-electron chi connectivity index (χ3n) is 2.72. The highest BCUT2D eigenvalue weighted by atomic mass is 35.5. The largest absolute Gasteiger partial charge is 0.369 e. The highest BCUT2D eigenvalue weighted by Gasteiger charge is 2.22. The predicted molar refractivity (Wildman–Crippen MR) is 72.7 cm³/mol. The summed E-state index contributed by atoms with van der Waals surface area (Å²) in [6.07, 6.45) is 4.83. The van der Waals surface area contributed by atoms with Crippen LogP contribution in [0.25, 0.3) is 6.08 Å². The second kappa shape index (κ2) is 5.23. The topological polar surface area (TPSA) is 75.0 Å². The number of hydrogen-bond acceptors (Lipinski definition) is 4. The van der Waals surface area contributed by atoms with Gasteiger partial charge in [0.2, 0.25) is 5.95 Å². The number of rotatable bonds is 2. The van der Waals surface area contributed by atoms with Gasteiger partial charge in [0.15, 0.2) is 0 Å². The molecule has 1 aromatic heterocycles. The number of halogens is 1. The maximum Gasteiger partial charge on any atom is 0.261 e. The standard InChI is InChI=1S/C11H16N4O.ClH/c1-3-6-15-7(2)4-5-8-9(15)13-11(12)14-10(8)16;/h4-5,7H,3,6H2,1-2H3,(H3,12,13,14,16);1H. The number of H-pyrrole nitrogens is 1. The molecule has 0 spiro atoms. The van der Waals surface area contributed by atoms with E-state index in [-0.39, 0.29) is 30.0 Å². The third kappa shape index (κ3) is 2.44. The first-order chi connectivity index (χ1) is 7.63. The van der Waals surface area contributed by atoms with Crippen molar-refractivity contribution in [3.63, 3.8) is 0 Å². The van der Waals surface area contributed by atoms with Gasteiger partial charge in [-0.15, -0.1) is 12.4 Å². The molecule has 0 saturated heterocycles. The molecule has 94 valence electrons. The van der Waals surface area contributed by atoms with Crippen LogP contribution in [0.15, 0.2) is 10.9 Å². The highest BCUT2D eigenvalue weighted by Crippen LogP contribution is 2.24. The van der Waals surface area contributed by atoms with Gasteiger partial charge in [0.05, 0.1) is 5.56 Å². The number of hydrogen-bond donors (Lipinski definition) is 2. The first kappa shape index (κ1) is 13.6. The molecule has 0 fully saturated rings. The monoisotopic (exact) mass is 256 g/mol. The number of anilines is 2. The first-order valence-corrected chi connectivity index (χ1v) is 5.48. The van der Waals surface area contributed by atoms with Crippen molar-refractivity contribution >= 4 is 30.2 Å². The number of nitrogens with one attached hydrogen (secondary N) is 1. The summed E-state index contributed by atoms with van der Waals surface area (Å²) in [6.45, 7) is 5.05. The second-order valence-electron chi connectivity index (χ2n) is 3.98. The summed E-state index contributed by atoms with van der Waals surface area (Å²) in [5.74, 6) is 0.866. The van der Waals surface area contributed by atoms with Crippen molar-refractivity contribution in [2.45, 2.75) is 26.3 Å². The molecule has 0 bridgehead atoms. The van der Waals surface area contributed by atoms with E-state index in [1.54, 1.807) is 0 Å². The number of aromatic amines is 1. The third-order valence-corrected chi connectivity index (χ3v) is 2.72. The van der Waals surface area contributed by atoms with Gasteiger partial charge in [-0.2, -0.15) is 4.98 Å². The van der Waals surface area contributed by atoms with E-state index < -0.39 is 0 Å². The van der Waals surface area contributed by atoms with Crippen LogP contribution in [0.4, 0.5) is 11.8 Å². The van der Waals surface area contributed by atoms with Crippen LogP contribution in [0.1, 0.15) is 25.8 Å². The molecule has 6 heteroatoms. The molecule has 0 amide bonds. The van der Waals surface area contributed by atoms with Crippen LogP contribution in [0.2, 0.25) is 0 Å². The Labute approximate surface area is 106 Å². The number of nitrogen functional groups attached to an aromatic ring is 1. The van der Waals surface area contributed by atoms with Crippen molar-refractivity contribution in [3.05, 3.63) is 22.0 Å². The lowest BCUT2D eigenvalue weighted by molar-refractivity contribution is 0.697. The van der Waals surface area contributed by atoms with Crippen LogP contribution in [0, 0.1) is 0 Å². The molecular weight excluding hydrogens is 240 g/mol. The Bertz CT molecular complexity index is 483. The minimum absolute atomic E-state index is 0. The summed E-state index contributed by atoms with van der Waals surface area (Å²) in [5, 5.41) is 0. The van der Waals surface area contributed by atoms with Gasteiger partial charge in [0.25, 0.3) is 5.56 Å². The second-order valence-corrected chi connectivity index (χ2v) is 3.98. The molecule has 3 N–H and O–H groups in total. The molecule has 1 aromatic rings. The van der Waals surface area contributed by atoms with Gasteiger partial charge in [0, 0.05) is 12.6 Å². The Morgan fingerprint density at radius 3 is 2.94 bits per heavy atom. The Hall–Kier alpha value is -1.49. The zero-order valence-electron chi connectivity index (χ0n) is 9.93. The summed E-state index contributed by atoms with van der Waals surface area (Å²) < 4.78 is 0. The summed E-state index contributed by atoms with van der Waals surface area (Å²) in [4.78, 5) is 20.5. The first-order valence-electron chi connectivity index (χ1n) is 5.48. The molecule has 1 aliphatic rings. The van der Waals surface area contributed by atoms with Crippen LogP contribution < -0.4 is 16.2 Å². The fourth-order valence-electron chi connectivity index (χ4n) is 1.94. The molecule has 2 heterocycles. The van der Waals surface area contributed by atoms with Gasteiger partial charge < -0.3 is 10.6 Å². The summed E-state index contributed by atoms with van der Waals surface area (Å²) in [7, 11) is 0. The zero-order valence-corrected chi connectivity index (χ0v) is 10.8. The molecule has 0 aliphatic carbocycles. The summed E-state index contributed by atoms with van der Waals surface area (Å²) in [5.41, 5.74) is 5.99. The Balaban J connectivity index is 0.00000144. The SMILES string of the molecule is CCCN1c2nc(N)[nH]c(=O)c2C=CC1C.Cl. The summed E-state index contributed by atoms with van der Waals surface area (Å²) in [6, 6.07) is 0.251. The lowest BCUT2D eigenvalue weighted by Gasteiger charge is -2.31. The van der Waals surface area contributed by atoms with Crippen molar-refractivity contribution in [1.82, 2.24) is 9.97 Å². The van der Waals surface area contributed by atoms with Crippen LogP contribution in [0.3, 0.4) is 0 Å². The molecule has 0 saturated carbocycles. The number of nitrogens with two attached hydrogens (primary N) is 1. The Kier molecular flexibility index (Phi) is 4.17. The molecule has 2 rings (SSSR count). The fraction of sp³-hybridized carbons (Fsp3) is 0.455. The molecule has 1 atom stereocenters. The van der Waals surface area contributed by atoms with E-state index in [4.69, 9.17) is 5.73 Å². The molecule has 17 heavy (non-hydrogen) atoms. The fourth-order valence-corrected chi connectivity index (χ4v) is 1.94. The van der Waals surface area contributed by atoms with Crippen molar-refractivity contribution in [3.8, 4) is 0 Å². The predicted octanol–water partition coefficient (Wildman–Crippen LogP) is 1.41. The molecule has 5 nitrogen and oxygen atoms in total.